The molecule has 1 aliphatic rings. The molecule has 2 rings (SSSR count). The second kappa shape index (κ2) is 14.9. The molecule has 6 nitrogen and oxygen atoms in total. The number of guanidine groups is 1. The molecule has 1 aromatic rings. The van der Waals surface area contributed by atoms with Gasteiger partial charge in [-0.1, -0.05) is 12.1 Å². The Labute approximate surface area is 186 Å². The maximum Gasteiger partial charge on any atom is 0.190 e. The third kappa shape index (κ3) is 9.43. The highest BCUT2D eigenvalue weighted by atomic mass is 127. The molecular weight excluding hydrogens is 469 g/mol. The van der Waals surface area contributed by atoms with Crippen LogP contribution in [0.3, 0.4) is 0 Å². The lowest BCUT2D eigenvalue weighted by atomic mass is 10.0. The molecule has 1 saturated heterocycles. The minimum Gasteiger partial charge on any atom is -0.496 e. The molecule has 7 heteroatoms. The largest absolute Gasteiger partial charge is 0.496 e. The summed E-state index contributed by atoms with van der Waals surface area (Å²) in [5, 5.41) is 6.70. The molecule has 1 fully saturated rings. The van der Waals surface area contributed by atoms with Gasteiger partial charge < -0.3 is 24.8 Å². The van der Waals surface area contributed by atoms with Gasteiger partial charge >= 0.3 is 0 Å². The van der Waals surface area contributed by atoms with Crippen LogP contribution in [0.5, 0.6) is 5.75 Å². The first kappa shape index (κ1) is 25.0. The Balaban J connectivity index is 0.00000392. The van der Waals surface area contributed by atoms with Crippen LogP contribution >= 0.6 is 24.0 Å². The third-order valence-electron chi connectivity index (χ3n) is 4.85. The van der Waals surface area contributed by atoms with Crippen LogP contribution in [-0.4, -0.2) is 59.6 Å². The van der Waals surface area contributed by atoms with E-state index < -0.39 is 0 Å². The number of hydrogen-bond acceptors (Lipinski definition) is 4. The first-order valence-electron chi connectivity index (χ1n) is 9.96. The van der Waals surface area contributed by atoms with Crippen LogP contribution in [0, 0.1) is 12.8 Å². The Bertz CT molecular complexity index is 578. The smallest absolute Gasteiger partial charge is 0.190 e. The zero-order chi connectivity index (χ0) is 19.3. The summed E-state index contributed by atoms with van der Waals surface area (Å²) < 4.78 is 16.5. The van der Waals surface area contributed by atoms with E-state index in [1.807, 2.05) is 0 Å². The molecule has 0 radical (unpaired) electrons. The van der Waals surface area contributed by atoms with E-state index in [0.717, 1.165) is 82.5 Å². The highest BCUT2D eigenvalue weighted by molar-refractivity contribution is 14.0. The number of aliphatic imine (C=N–C) groups is 1. The van der Waals surface area contributed by atoms with Gasteiger partial charge in [0, 0.05) is 46.6 Å². The second-order valence-corrected chi connectivity index (χ2v) is 6.96. The van der Waals surface area contributed by atoms with E-state index in [4.69, 9.17) is 14.2 Å². The van der Waals surface area contributed by atoms with Gasteiger partial charge in [0.1, 0.15) is 5.75 Å². The van der Waals surface area contributed by atoms with Crippen LogP contribution in [0.15, 0.2) is 23.2 Å². The van der Waals surface area contributed by atoms with Gasteiger partial charge in [-0.2, -0.15) is 0 Å². The number of methoxy groups -OCH3 is 1. The Morgan fingerprint density at radius 3 is 2.68 bits per heavy atom. The van der Waals surface area contributed by atoms with Gasteiger partial charge in [0.2, 0.25) is 0 Å². The van der Waals surface area contributed by atoms with Gasteiger partial charge in [-0.05, 0) is 55.7 Å². The average molecular weight is 505 g/mol. The van der Waals surface area contributed by atoms with Crippen LogP contribution < -0.4 is 15.4 Å². The summed E-state index contributed by atoms with van der Waals surface area (Å²) in [6.45, 7) is 7.14. The van der Waals surface area contributed by atoms with E-state index in [2.05, 4.69) is 40.7 Å². The average Bonchev–Trinajstić information content (AvgIpc) is 2.71. The summed E-state index contributed by atoms with van der Waals surface area (Å²) in [6.07, 6.45) is 4.15. The van der Waals surface area contributed by atoms with Gasteiger partial charge in [-0.3, -0.25) is 4.99 Å². The zero-order valence-electron chi connectivity index (χ0n) is 17.5. The number of nitrogens with zero attached hydrogens (tertiary/aromatic N) is 1. The number of halogens is 1. The maximum absolute atomic E-state index is 5.79. The summed E-state index contributed by atoms with van der Waals surface area (Å²) in [5.41, 5.74) is 2.41. The Morgan fingerprint density at radius 2 is 1.96 bits per heavy atom. The summed E-state index contributed by atoms with van der Waals surface area (Å²) >= 11 is 0. The molecule has 0 saturated carbocycles. The third-order valence-corrected chi connectivity index (χ3v) is 4.85. The van der Waals surface area contributed by atoms with E-state index >= 15 is 0 Å². The van der Waals surface area contributed by atoms with E-state index in [-0.39, 0.29) is 24.0 Å². The quantitative estimate of drug-likeness (QED) is 0.222. The van der Waals surface area contributed by atoms with Crippen LogP contribution in [-0.2, 0) is 15.9 Å². The van der Waals surface area contributed by atoms with Crippen molar-refractivity contribution in [2.24, 2.45) is 10.9 Å². The molecule has 1 aliphatic heterocycles. The molecule has 0 spiro atoms. The van der Waals surface area contributed by atoms with Crippen LogP contribution in [0.2, 0.25) is 0 Å². The van der Waals surface area contributed by atoms with Crippen molar-refractivity contribution in [2.45, 2.75) is 32.6 Å². The Hall–Kier alpha value is -1.06. The lowest BCUT2D eigenvalue weighted by Gasteiger charge is -2.21. The lowest BCUT2D eigenvalue weighted by molar-refractivity contribution is 0.0203. The van der Waals surface area contributed by atoms with E-state index in [1.165, 1.54) is 5.56 Å². The van der Waals surface area contributed by atoms with Crippen molar-refractivity contribution in [1.29, 1.82) is 0 Å². The zero-order valence-corrected chi connectivity index (χ0v) is 19.8. The van der Waals surface area contributed by atoms with Gasteiger partial charge in [-0.15, -0.1) is 24.0 Å². The Morgan fingerprint density at radius 1 is 1.21 bits per heavy atom. The molecule has 0 atom stereocenters. The number of nitrogens with one attached hydrogen (secondary N) is 2. The second-order valence-electron chi connectivity index (χ2n) is 6.96. The fourth-order valence-electron chi connectivity index (χ4n) is 3.11. The molecule has 0 aliphatic carbocycles. The minimum absolute atomic E-state index is 0. The fraction of sp³-hybridized carbons (Fsp3) is 0.667. The molecule has 0 bridgehead atoms. The lowest BCUT2D eigenvalue weighted by Crippen LogP contribution is -2.39. The molecule has 0 unspecified atom stereocenters. The normalized spacial score (nSPS) is 15.0. The fourth-order valence-corrected chi connectivity index (χ4v) is 3.11. The Kier molecular flexibility index (Phi) is 13.3. The monoisotopic (exact) mass is 505 g/mol. The molecule has 1 aromatic carbocycles. The number of rotatable bonds is 10. The van der Waals surface area contributed by atoms with Crippen molar-refractivity contribution in [3.8, 4) is 5.75 Å². The first-order chi connectivity index (χ1) is 13.2. The maximum atomic E-state index is 5.79. The van der Waals surface area contributed by atoms with Crippen LogP contribution in [0.1, 0.15) is 30.4 Å². The van der Waals surface area contributed by atoms with Crippen LogP contribution in [0.4, 0.5) is 0 Å². The summed E-state index contributed by atoms with van der Waals surface area (Å²) in [7, 11) is 3.51. The van der Waals surface area contributed by atoms with Gasteiger partial charge in [0.15, 0.2) is 5.96 Å². The number of benzene rings is 1. The van der Waals surface area contributed by atoms with Gasteiger partial charge in [0.25, 0.3) is 0 Å². The molecule has 0 aromatic heterocycles. The molecule has 28 heavy (non-hydrogen) atoms. The predicted octanol–water partition coefficient (Wildman–Crippen LogP) is 3.16. The number of aryl methyl sites for hydroxylation is 1. The van der Waals surface area contributed by atoms with Gasteiger partial charge in [-0.25, -0.2) is 0 Å². The van der Waals surface area contributed by atoms with E-state index in [0.29, 0.717) is 5.92 Å². The molecule has 160 valence electrons. The highest BCUT2D eigenvalue weighted by Gasteiger charge is 2.13. The van der Waals surface area contributed by atoms with E-state index in [1.54, 1.807) is 14.2 Å². The van der Waals surface area contributed by atoms with Crippen molar-refractivity contribution in [3.05, 3.63) is 29.3 Å². The molecule has 0 amide bonds. The van der Waals surface area contributed by atoms with Gasteiger partial charge in [0.05, 0.1) is 7.11 Å². The minimum atomic E-state index is 0. The predicted molar refractivity (Wildman–Crippen MR) is 125 cm³/mol. The molecular formula is C21H36IN3O3. The van der Waals surface area contributed by atoms with Crippen LogP contribution in [0.25, 0.3) is 0 Å². The topological polar surface area (TPSA) is 64.1 Å². The summed E-state index contributed by atoms with van der Waals surface area (Å²) in [5.74, 6) is 2.44. The molecule has 2 N–H and O–H groups in total. The van der Waals surface area contributed by atoms with Crippen molar-refractivity contribution in [1.82, 2.24) is 10.6 Å². The SMILES string of the molecule is CN=C(NCCCOCC1CCOCC1)NCCc1ccc(C)c(OC)c1.I. The van der Waals surface area contributed by atoms with E-state index in [9.17, 15) is 0 Å². The highest BCUT2D eigenvalue weighted by Crippen LogP contribution is 2.19. The van der Waals surface area contributed by atoms with Crippen molar-refractivity contribution >= 4 is 29.9 Å². The first-order valence-corrected chi connectivity index (χ1v) is 9.96. The van der Waals surface area contributed by atoms with Crippen molar-refractivity contribution in [2.75, 3.05) is 53.7 Å². The van der Waals surface area contributed by atoms with Crippen molar-refractivity contribution < 1.29 is 14.2 Å². The van der Waals surface area contributed by atoms with Crippen molar-refractivity contribution in [3.63, 3.8) is 0 Å². The molecule has 1 heterocycles. The summed E-state index contributed by atoms with van der Waals surface area (Å²) in [4.78, 5) is 4.27. The number of hydrogen-bond donors (Lipinski definition) is 2. The summed E-state index contributed by atoms with van der Waals surface area (Å²) in [6, 6.07) is 6.34. The number of ether oxygens (including phenoxy) is 3. The standard InChI is InChI=1S/C21H35N3O3.HI/c1-17-5-6-18(15-20(17)25-3)7-11-24-21(22-2)23-10-4-12-27-16-19-8-13-26-14-9-19;/h5-6,15,19H,4,7-14,16H2,1-3H3,(H2,22,23,24);1H.